The summed E-state index contributed by atoms with van der Waals surface area (Å²) in [4.78, 5) is 43.1. The van der Waals surface area contributed by atoms with Gasteiger partial charge >= 0.3 is 11.8 Å². The lowest BCUT2D eigenvalue weighted by molar-refractivity contribution is 0.106. The number of hydrogen-bond acceptors (Lipinski definition) is 7. The van der Waals surface area contributed by atoms with Gasteiger partial charge in [-0.15, -0.1) is 5.10 Å². The number of nitriles is 1. The van der Waals surface area contributed by atoms with Crippen LogP contribution in [0.25, 0.3) is 16.6 Å². The number of carbonyl (C=O) groups is 1. The van der Waals surface area contributed by atoms with E-state index in [1.807, 2.05) is 17.1 Å². The summed E-state index contributed by atoms with van der Waals surface area (Å²) in [6.45, 7) is 4.98. The zero-order chi connectivity index (χ0) is 27.4. The number of fused-ring (bicyclic) bond motifs is 3. The fraction of sp³-hybridized carbons (Fsp3) is 0.240. The van der Waals surface area contributed by atoms with Crippen molar-refractivity contribution in [3.05, 3.63) is 78.2 Å². The van der Waals surface area contributed by atoms with Crippen molar-refractivity contribution in [3.8, 4) is 23.3 Å². The Labute approximate surface area is 225 Å². The normalized spacial score (nSPS) is 14.2. The fourth-order valence-corrected chi connectivity index (χ4v) is 5.33. The van der Waals surface area contributed by atoms with Gasteiger partial charge < -0.3 is 19.4 Å². The van der Waals surface area contributed by atoms with Gasteiger partial charge in [-0.05, 0) is 35.9 Å². The maximum atomic E-state index is 12.2. The third-order valence-electron chi connectivity index (χ3n) is 6.27. The average Bonchev–Trinajstić information content (AvgIpc) is 3.24. The predicted molar refractivity (Wildman–Crippen MR) is 139 cm³/mol. The van der Waals surface area contributed by atoms with E-state index in [2.05, 4.69) is 23.9 Å². The Balaban J connectivity index is 1.52. The zero-order valence-electron chi connectivity index (χ0n) is 20.4. The molecule has 2 N–H and O–H groups in total. The van der Waals surface area contributed by atoms with Crippen LogP contribution in [0.15, 0.2) is 39.9 Å². The van der Waals surface area contributed by atoms with E-state index in [0.29, 0.717) is 18.8 Å². The van der Waals surface area contributed by atoms with Gasteiger partial charge in [0, 0.05) is 28.6 Å². The number of halogens is 2. The summed E-state index contributed by atoms with van der Waals surface area (Å²) in [5, 5.41) is 13.9. The minimum Gasteiger partial charge on any atom is -0.454 e. The number of rotatable bonds is 3. The summed E-state index contributed by atoms with van der Waals surface area (Å²) < 4.78 is 11.8. The minimum absolute atomic E-state index is 0.0798. The van der Waals surface area contributed by atoms with Crippen LogP contribution in [0.3, 0.4) is 0 Å². The summed E-state index contributed by atoms with van der Waals surface area (Å²) in [5.74, 6) is 0.614. The molecule has 2 aromatic carbocycles. The van der Waals surface area contributed by atoms with E-state index in [1.54, 1.807) is 17.0 Å². The lowest BCUT2D eigenvalue weighted by Gasteiger charge is -2.37. The molecule has 0 spiro atoms. The first-order chi connectivity index (χ1) is 18.0. The maximum Gasteiger partial charge on any atom is 0.409 e. The van der Waals surface area contributed by atoms with Gasteiger partial charge in [-0.2, -0.15) is 9.94 Å². The third-order valence-corrected chi connectivity index (χ3v) is 6.84. The van der Waals surface area contributed by atoms with Gasteiger partial charge in [-0.25, -0.2) is 9.59 Å². The van der Waals surface area contributed by atoms with E-state index < -0.39 is 16.9 Å². The second-order valence-corrected chi connectivity index (χ2v) is 10.2. The van der Waals surface area contributed by atoms with Crippen LogP contribution < -0.4 is 16.0 Å². The Kier molecular flexibility index (Phi) is 6.17. The highest BCUT2D eigenvalue weighted by Gasteiger charge is 2.37. The number of hydrogen-bond donors (Lipinski definition) is 2. The molecule has 1 aliphatic rings. The number of ether oxygens (including phenoxy) is 2. The Hall–Kier alpha value is -4.27. The minimum atomic E-state index is -0.894. The number of nitrogens with zero attached hydrogens (tertiary/aromatic N) is 4. The monoisotopic (exact) mass is 554 g/mol. The second-order valence-electron chi connectivity index (χ2n) is 9.37. The van der Waals surface area contributed by atoms with Crippen LogP contribution in [-0.4, -0.2) is 44.4 Å². The molecule has 0 bridgehead atoms. The van der Waals surface area contributed by atoms with Crippen LogP contribution in [-0.2, 0) is 16.7 Å². The molecule has 0 aliphatic carbocycles. The van der Waals surface area contributed by atoms with Crippen molar-refractivity contribution in [2.75, 3.05) is 13.7 Å². The Bertz CT molecular complexity index is 1760. The van der Waals surface area contributed by atoms with Crippen LogP contribution in [0, 0.1) is 11.3 Å². The molecule has 2 aromatic heterocycles. The first kappa shape index (κ1) is 25.4. The van der Waals surface area contributed by atoms with Crippen molar-refractivity contribution < 1.29 is 14.3 Å². The molecule has 11 nitrogen and oxygen atoms in total. The van der Waals surface area contributed by atoms with Gasteiger partial charge in [-0.1, -0.05) is 37.0 Å². The number of amides is 1. The van der Waals surface area contributed by atoms with Gasteiger partial charge in [0.15, 0.2) is 5.75 Å². The number of aromatic nitrogens is 4. The molecule has 0 fully saturated rings. The molecule has 0 atom stereocenters. The van der Waals surface area contributed by atoms with Crippen molar-refractivity contribution in [1.29, 1.82) is 5.26 Å². The number of carbonyl (C=O) groups excluding carboxylic acids is 1. The summed E-state index contributed by atoms with van der Waals surface area (Å²) >= 11 is 12.9. The Morgan fingerprint density at radius 2 is 1.87 bits per heavy atom. The van der Waals surface area contributed by atoms with E-state index in [1.165, 1.54) is 19.2 Å². The van der Waals surface area contributed by atoms with Crippen molar-refractivity contribution in [2.24, 2.45) is 0 Å². The highest BCUT2D eigenvalue weighted by Crippen LogP contribution is 2.42. The highest BCUT2D eigenvalue weighted by atomic mass is 35.5. The van der Waals surface area contributed by atoms with Gasteiger partial charge in [0.2, 0.25) is 5.69 Å². The van der Waals surface area contributed by atoms with Crippen LogP contribution in [0.1, 0.15) is 30.8 Å². The molecule has 0 saturated heterocycles. The molecule has 4 aromatic rings. The van der Waals surface area contributed by atoms with Crippen LogP contribution >= 0.6 is 23.2 Å². The molecule has 0 unspecified atom stereocenters. The topological polar surface area (TPSA) is 146 Å². The lowest BCUT2D eigenvalue weighted by atomic mass is 9.79. The van der Waals surface area contributed by atoms with E-state index in [4.69, 9.17) is 37.9 Å². The van der Waals surface area contributed by atoms with Crippen LogP contribution in [0.5, 0.6) is 11.5 Å². The number of H-pyrrole nitrogens is 2. The van der Waals surface area contributed by atoms with Crippen molar-refractivity contribution in [1.82, 2.24) is 24.6 Å². The molecule has 3 heterocycles. The molecule has 5 rings (SSSR count). The lowest BCUT2D eigenvalue weighted by Crippen LogP contribution is -2.44. The highest BCUT2D eigenvalue weighted by molar-refractivity contribution is 6.37. The number of aromatic amines is 2. The number of nitrogens with one attached hydrogen (secondary N) is 2. The predicted octanol–water partition coefficient (Wildman–Crippen LogP) is 4.23. The Morgan fingerprint density at radius 1 is 1.16 bits per heavy atom. The van der Waals surface area contributed by atoms with Crippen molar-refractivity contribution in [3.63, 3.8) is 0 Å². The molecule has 1 aliphatic heterocycles. The smallest absolute Gasteiger partial charge is 0.409 e. The maximum absolute atomic E-state index is 12.2. The molecule has 1 amide bonds. The van der Waals surface area contributed by atoms with Gasteiger partial charge in [0.25, 0.3) is 5.56 Å². The molecule has 194 valence electrons. The van der Waals surface area contributed by atoms with E-state index in [-0.39, 0.29) is 33.0 Å². The van der Waals surface area contributed by atoms with Gasteiger partial charge in [-0.3, -0.25) is 9.78 Å². The Morgan fingerprint density at radius 3 is 2.53 bits per heavy atom. The van der Waals surface area contributed by atoms with Crippen LogP contribution in [0.4, 0.5) is 4.79 Å². The summed E-state index contributed by atoms with van der Waals surface area (Å²) in [6, 6.07) is 9.88. The third kappa shape index (κ3) is 4.27. The first-order valence-electron chi connectivity index (χ1n) is 11.3. The van der Waals surface area contributed by atoms with Crippen LogP contribution in [0.2, 0.25) is 10.0 Å². The molecule has 0 radical (unpaired) electrons. The van der Waals surface area contributed by atoms with E-state index in [0.717, 1.165) is 26.8 Å². The van der Waals surface area contributed by atoms with Crippen molar-refractivity contribution in [2.45, 2.75) is 25.8 Å². The van der Waals surface area contributed by atoms with E-state index in [9.17, 15) is 14.4 Å². The summed E-state index contributed by atoms with van der Waals surface area (Å²) in [5.41, 5.74) is 0.397. The molecular weight excluding hydrogens is 535 g/mol. The van der Waals surface area contributed by atoms with Gasteiger partial charge in [0.1, 0.15) is 11.8 Å². The quantitative estimate of drug-likeness (QED) is 0.385. The number of benzene rings is 2. The standard InChI is InChI=1S/C25H20Cl2N6O5/c1-25(2)11-32(24(36)37-3)10-19-20(25)14-8-13(4-5-17(14)29-19)38-21-15(26)6-12(7-16(21)27)33-23(35)30-22(34)18(9-28)31-33/h4-8,29H,10-11H2,1-3H3,(H,30,34,35). The summed E-state index contributed by atoms with van der Waals surface area (Å²) in [7, 11) is 1.36. The summed E-state index contributed by atoms with van der Waals surface area (Å²) in [6.07, 6.45) is -0.387. The molecule has 38 heavy (non-hydrogen) atoms. The fourth-order valence-electron chi connectivity index (χ4n) is 4.78. The van der Waals surface area contributed by atoms with Gasteiger partial charge in [0.05, 0.1) is 29.4 Å². The molecule has 13 heteroatoms. The molecule has 0 saturated carbocycles. The SMILES string of the molecule is COC(=O)N1Cc2[nH]c3ccc(Oc4c(Cl)cc(-n5nc(C#N)c(=O)[nH]c5=O)cc4Cl)cc3c2C(C)(C)C1. The largest absolute Gasteiger partial charge is 0.454 e. The van der Waals surface area contributed by atoms with E-state index >= 15 is 0 Å². The average molecular weight is 555 g/mol. The number of methoxy groups -OCH3 is 1. The second kappa shape index (κ2) is 9.24. The zero-order valence-corrected chi connectivity index (χ0v) is 21.9. The molecular formula is C25H20Cl2N6O5. The first-order valence-corrected chi connectivity index (χ1v) is 12.1. The van der Waals surface area contributed by atoms with Crippen molar-refractivity contribution >= 4 is 40.2 Å².